The van der Waals surface area contributed by atoms with E-state index in [1.807, 2.05) is 30.3 Å². The van der Waals surface area contributed by atoms with Gasteiger partial charge in [-0.3, -0.25) is 0 Å². The molecule has 3 rings (SSSR count). The molecule has 3 nitrogen and oxygen atoms in total. The fourth-order valence-corrected chi connectivity index (χ4v) is 2.04. The molecule has 2 N–H and O–H groups in total. The average Bonchev–Trinajstić information content (AvgIpc) is 2.73. The van der Waals surface area contributed by atoms with Gasteiger partial charge in [0, 0.05) is 18.2 Å². The monoisotopic (exact) mass is 238 g/mol. The Labute approximate surface area is 105 Å². The molecular formula is C15H14N2O. The fourth-order valence-electron chi connectivity index (χ4n) is 2.04. The maximum absolute atomic E-state index is 5.72. The summed E-state index contributed by atoms with van der Waals surface area (Å²) in [5.41, 5.74) is 10.5. The topological polar surface area (TPSA) is 52.0 Å². The lowest BCUT2D eigenvalue weighted by atomic mass is 10.1. The zero-order valence-electron chi connectivity index (χ0n) is 10.2. The van der Waals surface area contributed by atoms with Gasteiger partial charge in [0.25, 0.3) is 0 Å². The molecule has 3 aromatic rings. The normalized spacial score (nSPS) is 10.9. The number of nitrogen functional groups attached to an aromatic ring is 1. The summed E-state index contributed by atoms with van der Waals surface area (Å²) in [4.78, 5) is 4.47. The first kappa shape index (κ1) is 10.8. The van der Waals surface area contributed by atoms with Crippen molar-refractivity contribution >= 4 is 16.8 Å². The Morgan fingerprint density at radius 1 is 1.17 bits per heavy atom. The smallest absolute Gasteiger partial charge is 0.199 e. The second-order valence-corrected chi connectivity index (χ2v) is 4.44. The SMILES string of the molecule is Cc1ccccc1Cc1nc2ccc(N)cc2o1. The first-order valence-electron chi connectivity index (χ1n) is 5.92. The number of rotatable bonds is 2. The molecule has 0 unspecified atom stereocenters. The third-order valence-corrected chi connectivity index (χ3v) is 3.06. The maximum atomic E-state index is 5.72. The van der Waals surface area contributed by atoms with E-state index in [4.69, 9.17) is 10.2 Å². The number of aryl methyl sites for hydroxylation is 1. The van der Waals surface area contributed by atoms with Crippen LogP contribution in [0.3, 0.4) is 0 Å². The summed E-state index contributed by atoms with van der Waals surface area (Å²) in [6.07, 6.45) is 0.710. The first-order chi connectivity index (χ1) is 8.72. The van der Waals surface area contributed by atoms with Gasteiger partial charge in [0.15, 0.2) is 11.5 Å². The third-order valence-electron chi connectivity index (χ3n) is 3.06. The Balaban J connectivity index is 1.98. The predicted octanol–water partition coefficient (Wildman–Crippen LogP) is 3.31. The van der Waals surface area contributed by atoms with Crippen LogP contribution >= 0.6 is 0 Å². The molecule has 1 heterocycles. The highest BCUT2D eigenvalue weighted by molar-refractivity contribution is 5.76. The van der Waals surface area contributed by atoms with Gasteiger partial charge in [-0.2, -0.15) is 0 Å². The van der Waals surface area contributed by atoms with Crippen LogP contribution in [0.2, 0.25) is 0 Å². The summed E-state index contributed by atoms with van der Waals surface area (Å²) in [6.45, 7) is 2.09. The standard InChI is InChI=1S/C15H14N2O/c1-10-4-2-3-5-11(10)8-15-17-13-7-6-12(16)9-14(13)18-15/h2-7,9H,8,16H2,1H3. The minimum atomic E-state index is 0.695. The molecule has 0 aliphatic rings. The van der Waals surface area contributed by atoms with Crippen molar-refractivity contribution in [3.8, 4) is 0 Å². The van der Waals surface area contributed by atoms with E-state index in [2.05, 4.69) is 24.0 Å². The van der Waals surface area contributed by atoms with E-state index in [0.29, 0.717) is 12.1 Å². The second-order valence-electron chi connectivity index (χ2n) is 4.44. The van der Waals surface area contributed by atoms with Crippen molar-refractivity contribution in [1.82, 2.24) is 4.98 Å². The molecule has 0 atom stereocenters. The number of nitrogens with zero attached hydrogens (tertiary/aromatic N) is 1. The lowest BCUT2D eigenvalue weighted by Crippen LogP contribution is -1.90. The van der Waals surface area contributed by atoms with E-state index in [1.165, 1.54) is 11.1 Å². The molecule has 90 valence electrons. The summed E-state index contributed by atoms with van der Waals surface area (Å²) in [5, 5.41) is 0. The van der Waals surface area contributed by atoms with E-state index in [1.54, 1.807) is 0 Å². The third kappa shape index (κ3) is 1.95. The van der Waals surface area contributed by atoms with Crippen LogP contribution in [-0.4, -0.2) is 4.98 Å². The Bertz CT molecular complexity index is 701. The highest BCUT2D eigenvalue weighted by Crippen LogP contribution is 2.21. The molecule has 0 bridgehead atoms. The van der Waals surface area contributed by atoms with Crippen LogP contribution in [0.4, 0.5) is 5.69 Å². The van der Waals surface area contributed by atoms with Crippen LogP contribution in [0, 0.1) is 6.92 Å². The van der Waals surface area contributed by atoms with Crippen LogP contribution in [-0.2, 0) is 6.42 Å². The predicted molar refractivity (Wildman–Crippen MR) is 72.4 cm³/mol. The summed E-state index contributed by atoms with van der Waals surface area (Å²) in [6, 6.07) is 13.8. The van der Waals surface area contributed by atoms with Gasteiger partial charge in [0.05, 0.1) is 0 Å². The van der Waals surface area contributed by atoms with Gasteiger partial charge in [0.2, 0.25) is 0 Å². The Morgan fingerprint density at radius 3 is 2.83 bits per heavy atom. The molecule has 0 radical (unpaired) electrons. The molecule has 0 amide bonds. The largest absolute Gasteiger partial charge is 0.440 e. The highest BCUT2D eigenvalue weighted by atomic mass is 16.3. The Kier molecular flexibility index (Phi) is 2.52. The molecule has 18 heavy (non-hydrogen) atoms. The average molecular weight is 238 g/mol. The van der Waals surface area contributed by atoms with Crippen molar-refractivity contribution in [2.24, 2.45) is 0 Å². The number of benzene rings is 2. The van der Waals surface area contributed by atoms with Crippen molar-refractivity contribution in [3.05, 3.63) is 59.5 Å². The lowest BCUT2D eigenvalue weighted by Gasteiger charge is -2.01. The van der Waals surface area contributed by atoms with Crippen molar-refractivity contribution in [1.29, 1.82) is 0 Å². The van der Waals surface area contributed by atoms with Crippen LogP contribution in [0.25, 0.3) is 11.1 Å². The van der Waals surface area contributed by atoms with E-state index in [9.17, 15) is 0 Å². The quantitative estimate of drug-likeness (QED) is 0.697. The van der Waals surface area contributed by atoms with Gasteiger partial charge in [-0.05, 0) is 30.2 Å². The number of aromatic nitrogens is 1. The van der Waals surface area contributed by atoms with Crippen LogP contribution in [0.1, 0.15) is 17.0 Å². The molecule has 0 saturated carbocycles. The van der Waals surface area contributed by atoms with Crippen LogP contribution < -0.4 is 5.73 Å². The number of hydrogen-bond acceptors (Lipinski definition) is 3. The molecule has 3 heteroatoms. The van der Waals surface area contributed by atoms with E-state index in [0.717, 1.165) is 17.0 Å². The summed E-state index contributed by atoms with van der Waals surface area (Å²) in [7, 11) is 0. The van der Waals surface area contributed by atoms with E-state index < -0.39 is 0 Å². The number of anilines is 1. The van der Waals surface area contributed by atoms with Crippen molar-refractivity contribution in [2.75, 3.05) is 5.73 Å². The molecule has 1 aromatic heterocycles. The molecule has 0 aliphatic carbocycles. The Morgan fingerprint density at radius 2 is 2.00 bits per heavy atom. The first-order valence-corrected chi connectivity index (χ1v) is 5.92. The maximum Gasteiger partial charge on any atom is 0.199 e. The number of hydrogen-bond donors (Lipinski definition) is 1. The second kappa shape index (κ2) is 4.18. The zero-order chi connectivity index (χ0) is 12.5. The molecule has 2 aromatic carbocycles. The van der Waals surface area contributed by atoms with Gasteiger partial charge < -0.3 is 10.2 Å². The number of oxazole rings is 1. The van der Waals surface area contributed by atoms with Crippen molar-refractivity contribution < 1.29 is 4.42 Å². The molecule has 0 spiro atoms. The van der Waals surface area contributed by atoms with Crippen LogP contribution in [0.15, 0.2) is 46.9 Å². The van der Waals surface area contributed by atoms with Crippen molar-refractivity contribution in [3.63, 3.8) is 0 Å². The summed E-state index contributed by atoms with van der Waals surface area (Å²) in [5.74, 6) is 0.727. The van der Waals surface area contributed by atoms with Gasteiger partial charge in [-0.25, -0.2) is 4.98 Å². The summed E-state index contributed by atoms with van der Waals surface area (Å²) >= 11 is 0. The zero-order valence-corrected chi connectivity index (χ0v) is 10.2. The minimum absolute atomic E-state index is 0.695. The molecule has 0 aliphatic heterocycles. The van der Waals surface area contributed by atoms with Gasteiger partial charge in [0.1, 0.15) is 5.52 Å². The van der Waals surface area contributed by atoms with Gasteiger partial charge >= 0.3 is 0 Å². The number of nitrogens with two attached hydrogens (primary N) is 1. The molecule has 0 fully saturated rings. The number of fused-ring (bicyclic) bond motifs is 1. The Hall–Kier alpha value is -2.29. The van der Waals surface area contributed by atoms with Crippen LogP contribution in [0.5, 0.6) is 0 Å². The lowest BCUT2D eigenvalue weighted by molar-refractivity contribution is 0.544. The van der Waals surface area contributed by atoms with Crippen molar-refractivity contribution in [2.45, 2.75) is 13.3 Å². The molecular weight excluding hydrogens is 224 g/mol. The minimum Gasteiger partial charge on any atom is -0.440 e. The van der Waals surface area contributed by atoms with E-state index >= 15 is 0 Å². The van der Waals surface area contributed by atoms with Gasteiger partial charge in [-0.15, -0.1) is 0 Å². The fraction of sp³-hybridized carbons (Fsp3) is 0.133. The summed E-state index contributed by atoms with van der Waals surface area (Å²) < 4.78 is 5.72. The van der Waals surface area contributed by atoms with E-state index in [-0.39, 0.29) is 0 Å². The van der Waals surface area contributed by atoms with Gasteiger partial charge in [-0.1, -0.05) is 24.3 Å². The highest BCUT2D eigenvalue weighted by Gasteiger charge is 2.07. The molecule has 0 saturated heterocycles.